The molecule has 0 fully saturated rings. The highest BCUT2D eigenvalue weighted by Crippen LogP contribution is 1.80. The van der Waals surface area contributed by atoms with Crippen LogP contribution in [0.25, 0.3) is 0 Å². The maximum atomic E-state index is 3.74. The van der Waals surface area contributed by atoms with E-state index in [4.69, 9.17) is 0 Å². The van der Waals surface area contributed by atoms with Crippen molar-refractivity contribution in [1.82, 2.24) is 5.32 Å². The lowest BCUT2D eigenvalue weighted by molar-refractivity contribution is 0.828. The summed E-state index contributed by atoms with van der Waals surface area (Å²) in [5.74, 6) is 0. The molecule has 0 atom stereocenters. The second-order valence-corrected chi connectivity index (χ2v) is 4.62. The fraction of sp³-hybridized carbons (Fsp3) is 0.429. The Labute approximate surface area is 59.1 Å². The van der Waals surface area contributed by atoms with Crippen molar-refractivity contribution in [3.05, 3.63) is 24.6 Å². The van der Waals surface area contributed by atoms with E-state index in [9.17, 15) is 0 Å². The van der Waals surface area contributed by atoms with Gasteiger partial charge in [-0.2, -0.15) is 0 Å². The zero-order valence-electron chi connectivity index (χ0n) is 6.06. The molecular weight excluding hydrogens is 126 g/mol. The highest BCUT2D eigenvalue weighted by molar-refractivity contribution is 6.69. The Kier molecular flexibility index (Phi) is 5.57. The van der Waals surface area contributed by atoms with Crippen molar-refractivity contribution >= 4 is 8.80 Å². The van der Waals surface area contributed by atoms with Gasteiger partial charge < -0.3 is 5.32 Å². The molecule has 0 aromatic carbocycles. The van der Waals surface area contributed by atoms with E-state index in [2.05, 4.69) is 25.4 Å². The fourth-order valence-electron chi connectivity index (χ4n) is 0.574. The summed E-state index contributed by atoms with van der Waals surface area (Å²) in [5, 5.41) is 3.27. The monoisotopic (exact) mass is 141 g/mol. The highest BCUT2D eigenvalue weighted by atomic mass is 28.3. The van der Waals surface area contributed by atoms with E-state index in [0.29, 0.717) is 0 Å². The number of rotatable bonds is 5. The average Bonchev–Trinajstić information content (AvgIpc) is 1.91. The third-order valence-electron chi connectivity index (χ3n) is 1.24. The van der Waals surface area contributed by atoms with Crippen LogP contribution in [-0.4, -0.2) is 21.5 Å². The number of hydrogen-bond acceptors (Lipinski definition) is 1. The molecule has 0 aliphatic rings. The van der Waals surface area contributed by atoms with Gasteiger partial charge in [0.2, 0.25) is 0 Å². The molecule has 9 heavy (non-hydrogen) atoms. The summed E-state index contributed by atoms with van der Waals surface area (Å²) >= 11 is 0. The minimum Gasteiger partial charge on any atom is -0.319 e. The lowest BCUT2D eigenvalue weighted by Crippen LogP contribution is -2.27. The van der Waals surface area contributed by atoms with Crippen LogP contribution in [0.15, 0.2) is 24.6 Å². The van der Waals surface area contributed by atoms with Crippen molar-refractivity contribution in [2.75, 3.05) is 12.7 Å². The smallest absolute Gasteiger partial charge is 0.0979 e. The molecular formula is C7H15NSi. The van der Waals surface area contributed by atoms with Gasteiger partial charge in [-0.3, -0.25) is 0 Å². The first-order valence-electron chi connectivity index (χ1n) is 3.31. The van der Waals surface area contributed by atoms with Crippen molar-refractivity contribution in [3.63, 3.8) is 0 Å². The Hall–Kier alpha value is -0.343. The van der Waals surface area contributed by atoms with Crippen LogP contribution in [0.5, 0.6) is 0 Å². The average molecular weight is 141 g/mol. The molecule has 0 saturated heterocycles. The highest BCUT2D eigenvalue weighted by Gasteiger charge is 1.96. The van der Waals surface area contributed by atoms with Crippen LogP contribution in [0.2, 0.25) is 0 Å². The lowest BCUT2D eigenvalue weighted by Gasteiger charge is -2.03. The fourth-order valence-corrected chi connectivity index (χ4v) is 1.72. The second-order valence-electron chi connectivity index (χ2n) is 1.94. The molecule has 0 aliphatic heterocycles. The molecule has 0 rings (SSSR count). The van der Waals surface area contributed by atoms with Gasteiger partial charge in [-0.25, -0.2) is 0 Å². The third kappa shape index (κ3) is 4.18. The first-order valence-corrected chi connectivity index (χ1v) is 5.46. The van der Waals surface area contributed by atoms with Gasteiger partial charge in [-0.1, -0.05) is 18.3 Å². The largest absolute Gasteiger partial charge is 0.319 e. The molecule has 0 aliphatic carbocycles. The molecule has 52 valence electrons. The van der Waals surface area contributed by atoms with E-state index in [1.807, 2.05) is 11.4 Å². The second kappa shape index (κ2) is 5.79. The topological polar surface area (TPSA) is 12.0 Å². The standard InChI is InChI=1S/C7H15NSi/c1-4-8-7-9(5-2)6-3/h5-6,8-9H,2-4,7H2,1H3. The summed E-state index contributed by atoms with van der Waals surface area (Å²) in [4.78, 5) is 0. The maximum Gasteiger partial charge on any atom is 0.0979 e. The van der Waals surface area contributed by atoms with Gasteiger partial charge >= 0.3 is 0 Å². The molecule has 0 radical (unpaired) electrons. The summed E-state index contributed by atoms with van der Waals surface area (Å²) in [6.07, 6.45) is 1.10. The SMILES string of the molecule is C=C[SiH](C=C)CNCC. The Morgan fingerprint density at radius 3 is 2.33 bits per heavy atom. The lowest BCUT2D eigenvalue weighted by atomic mass is 10.8. The molecule has 0 saturated carbocycles. The molecule has 0 spiro atoms. The zero-order chi connectivity index (χ0) is 7.11. The van der Waals surface area contributed by atoms with Crippen LogP contribution in [-0.2, 0) is 0 Å². The molecule has 1 nitrogen and oxygen atoms in total. The summed E-state index contributed by atoms with van der Waals surface area (Å²) in [6, 6.07) is 0. The van der Waals surface area contributed by atoms with Gasteiger partial charge in [0.05, 0.1) is 8.80 Å². The van der Waals surface area contributed by atoms with Crippen LogP contribution >= 0.6 is 0 Å². The quantitative estimate of drug-likeness (QED) is 0.559. The predicted molar refractivity (Wildman–Crippen MR) is 46.1 cm³/mol. The number of hydrogen-bond donors (Lipinski definition) is 1. The molecule has 0 bridgehead atoms. The van der Waals surface area contributed by atoms with Gasteiger partial charge in [0.25, 0.3) is 0 Å². The third-order valence-corrected chi connectivity index (χ3v) is 3.21. The van der Waals surface area contributed by atoms with Crippen LogP contribution < -0.4 is 5.32 Å². The van der Waals surface area contributed by atoms with Crippen molar-refractivity contribution in [2.45, 2.75) is 6.92 Å². The van der Waals surface area contributed by atoms with E-state index in [-0.39, 0.29) is 0 Å². The van der Waals surface area contributed by atoms with Gasteiger partial charge in [0, 0.05) is 0 Å². The molecule has 0 unspecified atom stereocenters. The summed E-state index contributed by atoms with van der Waals surface area (Å²) in [6.45, 7) is 10.6. The molecule has 2 heteroatoms. The Morgan fingerprint density at radius 1 is 1.44 bits per heavy atom. The summed E-state index contributed by atoms with van der Waals surface area (Å²) in [7, 11) is -0.793. The molecule has 0 amide bonds. The van der Waals surface area contributed by atoms with E-state index in [1.165, 1.54) is 0 Å². The minimum atomic E-state index is -0.793. The Balaban J connectivity index is 3.30. The zero-order valence-corrected chi connectivity index (χ0v) is 7.22. The van der Waals surface area contributed by atoms with E-state index in [1.54, 1.807) is 0 Å². The Bertz CT molecular complexity index is 82.9. The van der Waals surface area contributed by atoms with E-state index >= 15 is 0 Å². The summed E-state index contributed by atoms with van der Waals surface area (Å²) in [5.41, 5.74) is 4.07. The van der Waals surface area contributed by atoms with Gasteiger partial charge in [0.15, 0.2) is 0 Å². The van der Waals surface area contributed by atoms with Crippen LogP contribution in [0.3, 0.4) is 0 Å². The minimum absolute atomic E-state index is 0.793. The van der Waals surface area contributed by atoms with Crippen molar-refractivity contribution in [3.8, 4) is 0 Å². The van der Waals surface area contributed by atoms with Crippen molar-refractivity contribution < 1.29 is 0 Å². The van der Waals surface area contributed by atoms with Crippen molar-refractivity contribution in [1.29, 1.82) is 0 Å². The molecule has 0 heterocycles. The van der Waals surface area contributed by atoms with Crippen LogP contribution in [0, 0.1) is 0 Å². The van der Waals surface area contributed by atoms with E-state index < -0.39 is 8.80 Å². The normalized spacial score (nSPS) is 9.56. The van der Waals surface area contributed by atoms with E-state index in [0.717, 1.165) is 12.7 Å². The maximum absolute atomic E-state index is 3.74. The van der Waals surface area contributed by atoms with Gasteiger partial charge in [-0.05, 0) is 12.7 Å². The van der Waals surface area contributed by atoms with Gasteiger partial charge in [-0.15, -0.1) is 13.2 Å². The Morgan fingerprint density at radius 2 is 2.00 bits per heavy atom. The number of nitrogens with one attached hydrogen (secondary N) is 1. The van der Waals surface area contributed by atoms with Gasteiger partial charge in [0.1, 0.15) is 0 Å². The predicted octanol–water partition coefficient (Wildman–Crippen LogP) is 0.813. The molecule has 1 N–H and O–H groups in total. The van der Waals surface area contributed by atoms with Crippen molar-refractivity contribution in [2.24, 2.45) is 0 Å². The molecule has 0 aromatic rings. The van der Waals surface area contributed by atoms with Crippen LogP contribution in [0.1, 0.15) is 6.92 Å². The first-order chi connectivity index (χ1) is 4.35. The molecule has 0 aromatic heterocycles. The van der Waals surface area contributed by atoms with Crippen LogP contribution in [0.4, 0.5) is 0 Å². The first kappa shape index (κ1) is 8.66. The summed E-state index contributed by atoms with van der Waals surface area (Å²) < 4.78 is 0.